The first-order valence-electron chi connectivity index (χ1n) is 8.95. The first kappa shape index (κ1) is 15.1. The molecule has 2 aliphatic heterocycles. The molecule has 0 unspecified atom stereocenters. The molecule has 2 fully saturated rings. The zero-order chi connectivity index (χ0) is 17.3. The Balaban J connectivity index is 1.58. The molecule has 0 saturated carbocycles. The summed E-state index contributed by atoms with van der Waals surface area (Å²) < 4.78 is 7.02. The minimum absolute atomic E-state index is 0.409. The molecule has 0 atom stereocenters. The number of esters is 1. The SMILES string of the molecule is C[N+]12CCC(OC(=O)C3(O)c4ccccc4-c4ccccc43)(CC1)C2. The summed E-state index contributed by atoms with van der Waals surface area (Å²) in [5, 5.41) is 11.5. The maximum atomic E-state index is 13.3. The van der Waals surface area contributed by atoms with E-state index in [9.17, 15) is 9.90 Å². The van der Waals surface area contributed by atoms with Crippen LogP contribution in [0.3, 0.4) is 0 Å². The fraction of sp³-hybridized carbons (Fsp3) is 0.381. The van der Waals surface area contributed by atoms with Gasteiger partial charge in [-0.1, -0.05) is 48.5 Å². The maximum Gasteiger partial charge on any atom is 0.348 e. The quantitative estimate of drug-likeness (QED) is 0.677. The van der Waals surface area contributed by atoms with E-state index in [1.807, 2.05) is 48.5 Å². The second-order valence-corrected chi connectivity index (χ2v) is 8.10. The van der Waals surface area contributed by atoms with Crippen LogP contribution in [-0.4, -0.2) is 47.8 Å². The van der Waals surface area contributed by atoms with E-state index in [1.54, 1.807) is 0 Å². The molecule has 0 aromatic heterocycles. The Morgan fingerprint density at radius 2 is 1.52 bits per heavy atom. The summed E-state index contributed by atoms with van der Waals surface area (Å²) in [5.41, 5.74) is 0.962. The first-order chi connectivity index (χ1) is 12.0. The second-order valence-electron chi connectivity index (χ2n) is 8.10. The average Bonchev–Trinajstić information content (AvgIpc) is 3.22. The van der Waals surface area contributed by atoms with Crippen molar-refractivity contribution < 1.29 is 19.1 Å². The molecule has 0 spiro atoms. The van der Waals surface area contributed by atoms with E-state index >= 15 is 0 Å². The Morgan fingerprint density at radius 3 is 2.00 bits per heavy atom. The lowest BCUT2D eigenvalue weighted by atomic mass is 9.90. The van der Waals surface area contributed by atoms with E-state index in [0.29, 0.717) is 11.1 Å². The highest BCUT2D eigenvalue weighted by Gasteiger charge is 2.59. The van der Waals surface area contributed by atoms with Crippen LogP contribution in [0.5, 0.6) is 0 Å². The minimum Gasteiger partial charge on any atom is -0.450 e. The Kier molecular flexibility index (Phi) is 2.85. The highest BCUT2D eigenvalue weighted by molar-refractivity contribution is 5.96. The van der Waals surface area contributed by atoms with Gasteiger partial charge in [0.05, 0.1) is 20.1 Å². The Hall–Kier alpha value is -2.17. The fourth-order valence-electron chi connectivity index (χ4n) is 5.03. The molecular weight excluding hydrogens is 314 g/mol. The van der Waals surface area contributed by atoms with E-state index in [1.165, 1.54) is 0 Å². The van der Waals surface area contributed by atoms with Crippen molar-refractivity contribution in [3.63, 3.8) is 0 Å². The number of hydrogen-bond acceptors (Lipinski definition) is 3. The van der Waals surface area contributed by atoms with Crippen molar-refractivity contribution in [1.29, 1.82) is 0 Å². The number of ether oxygens (including phenoxy) is 1. The third-order valence-corrected chi connectivity index (χ3v) is 6.41. The Labute approximate surface area is 147 Å². The number of aliphatic hydroxyl groups is 1. The molecule has 2 aromatic carbocycles. The predicted molar refractivity (Wildman–Crippen MR) is 93.7 cm³/mol. The van der Waals surface area contributed by atoms with Gasteiger partial charge in [0.2, 0.25) is 5.60 Å². The molecule has 1 N–H and O–H groups in total. The lowest BCUT2D eigenvalue weighted by Gasteiger charge is -2.29. The van der Waals surface area contributed by atoms with Gasteiger partial charge in [-0.3, -0.25) is 0 Å². The molecular formula is C21H22NO3+. The van der Waals surface area contributed by atoms with Gasteiger partial charge in [-0.2, -0.15) is 0 Å². The predicted octanol–water partition coefficient (Wildman–Crippen LogP) is 2.44. The minimum atomic E-state index is -1.71. The summed E-state index contributed by atoms with van der Waals surface area (Å²) in [6.45, 7) is 2.94. The molecule has 5 rings (SSSR count). The molecule has 128 valence electrons. The number of benzene rings is 2. The van der Waals surface area contributed by atoms with Crippen LogP contribution in [0.1, 0.15) is 24.0 Å². The van der Waals surface area contributed by atoms with E-state index in [-0.39, 0.29) is 0 Å². The van der Waals surface area contributed by atoms with Crippen molar-refractivity contribution in [2.24, 2.45) is 0 Å². The Morgan fingerprint density at radius 1 is 1.00 bits per heavy atom. The molecule has 4 nitrogen and oxygen atoms in total. The highest BCUT2D eigenvalue weighted by Crippen LogP contribution is 2.49. The zero-order valence-electron chi connectivity index (χ0n) is 14.4. The molecule has 0 radical (unpaired) electrons. The van der Waals surface area contributed by atoms with Gasteiger partial charge < -0.3 is 14.3 Å². The monoisotopic (exact) mass is 336 g/mol. The van der Waals surface area contributed by atoms with Gasteiger partial charge in [0.25, 0.3) is 0 Å². The molecule has 4 heteroatoms. The molecule has 2 heterocycles. The van der Waals surface area contributed by atoms with E-state index in [0.717, 1.165) is 48.1 Å². The molecule has 0 amide bonds. The number of hydrogen-bond donors (Lipinski definition) is 1. The summed E-state index contributed by atoms with van der Waals surface area (Å²) in [4.78, 5) is 13.3. The van der Waals surface area contributed by atoms with Crippen LogP contribution in [0.25, 0.3) is 11.1 Å². The van der Waals surface area contributed by atoms with Gasteiger partial charge in [0.15, 0.2) is 5.60 Å². The number of fused-ring (bicyclic) bond motifs is 5. The number of nitrogens with zero attached hydrogens (tertiary/aromatic N) is 1. The zero-order valence-corrected chi connectivity index (χ0v) is 14.4. The molecule has 2 saturated heterocycles. The number of carbonyl (C=O) groups excluding carboxylic acids is 1. The van der Waals surface area contributed by atoms with Crippen molar-refractivity contribution in [3.05, 3.63) is 59.7 Å². The number of carbonyl (C=O) groups is 1. The molecule has 2 aromatic rings. The Bertz CT molecular complexity index is 835. The smallest absolute Gasteiger partial charge is 0.348 e. The van der Waals surface area contributed by atoms with Crippen LogP contribution in [0.4, 0.5) is 0 Å². The third-order valence-electron chi connectivity index (χ3n) is 6.41. The first-order valence-corrected chi connectivity index (χ1v) is 8.95. The number of likely N-dealkylation sites (N-methyl/N-ethyl adjacent to an activating group) is 1. The van der Waals surface area contributed by atoms with Crippen LogP contribution in [-0.2, 0) is 15.1 Å². The topological polar surface area (TPSA) is 46.5 Å². The number of quaternary nitrogens is 1. The summed E-state index contributed by atoms with van der Waals surface area (Å²) in [6.07, 6.45) is 1.77. The third kappa shape index (κ3) is 1.92. The number of rotatable bonds is 2. The van der Waals surface area contributed by atoms with Gasteiger partial charge in [-0.15, -0.1) is 0 Å². The van der Waals surface area contributed by atoms with Crippen LogP contribution in [0, 0.1) is 0 Å². The van der Waals surface area contributed by atoms with Crippen molar-refractivity contribution >= 4 is 5.97 Å². The van der Waals surface area contributed by atoms with Gasteiger partial charge in [-0.25, -0.2) is 4.79 Å². The lowest BCUT2D eigenvalue weighted by Crippen LogP contribution is -2.44. The normalized spacial score (nSPS) is 30.8. The van der Waals surface area contributed by atoms with Crippen LogP contribution >= 0.6 is 0 Å². The van der Waals surface area contributed by atoms with Crippen molar-refractivity contribution in [2.75, 3.05) is 26.7 Å². The standard InChI is InChI=1S/C21H22NO3/c1-22-12-10-20(14-22,11-13-22)25-19(23)21(24)17-8-4-2-6-15(17)16-7-3-5-9-18(16)21/h2-9,24H,10-14H2,1H3/q+1. The van der Waals surface area contributed by atoms with Crippen molar-refractivity contribution in [2.45, 2.75) is 24.0 Å². The average molecular weight is 336 g/mol. The van der Waals surface area contributed by atoms with Crippen molar-refractivity contribution in [1.82, 2.24) is 0 Å². The second kappa shape index (κ2) is 4.71. The molecule has 25 heavy (non-hydrogen) atoms. The molecule has 3 aliphatic rings. The van der Waals surface area contributed by atoms with Gasteiger partial charge >= 0.3 is 5.97 Å². The van der Waals surface area contributed by atoms with Gasteiger partial charge in [0, 0.05) is 24.0 Å². The number of piperidine rings is 1. The summed E-state index contributed by atoms with van der Waals surface area (Å²) >= 11 is 0. The van der Waals surface area contributed by atoms with Crippen molar-refractivity contribution in [3.8, 4) is 11.1 Å². The summed E-state index contributed by atoms with van der Waals surface area (Å²) in [6, 6.07) is 15.2. The summed E-state index contributed by atoms with van der Waals surface area (Å²) in [5.74, 6) is -0.528. The highest BCUT2D eigenvalue weighted by atomic mass is 16.6. The maximum absolute atomic E-state index is 13.3. The van der Waals surface area contributed by atoms with Crippen LogP contribution in [0.2, 0.25) is 0 Å². The van der Waals surface area contributed by atoms with Crippen LogP contribution in [0.15, 0.2) is 48.5 Å². The van der Waals surface area contributed by atoms with Crippen LogP contribution < -0.4 is 0 Å². The largest absolute Gasteiger partial charge is 0.450 e. The fourth-order valence-corrected chi connectivity index (χ4v) is 5.03. The summed E-state index contributed by atoms with van der Waals surface area (Å²) in [7, 11) is 2.22. The van der Waals surface area contributed by atoms with Gasteiger partial charge in [-0.05, 0) is 11.1 Å². The van der Waals surface area contributed by atoms with E-state index in [2.05, 4.69) is 7.05 Å². The van der Waals surface area contributed by atoms with E-state index < -0.39 is 17.2 Å². The van der Waals surface area contributed by atoms with Gasteiger partial charge in [0.1, 0.15) is 6.54 Å². The molecule has 2 bridgehead atoms. The molecule has 1 aliphatic carbocycles. The van der Waals surface area contributed by atoms with E-state index in [4.69, 9.17) is 4.74 Å². The lowest BCUT2D eigenvalue weighted by molar-refractivity contribution is -0.890.